The lowest BCUT2D eigenvalue weighted by Gasteiger charge is -2.22. The smallest absolute Gasteiger partial charge is 0.0806 e. The molecular formula is C19H26Si. The van der Waals surface area contributed by atoms with E-state index in [0.717, 1.165) is 28.8 Å². The third-order valence-electron chi connectivity index (χ3n) is 4.03. The molecule has 0 unspecified atom stereocenters. The second-order valence-electron chi connectivity index (χ2n) is 6.52. The average molecular weight is 283 g/mol. The van der Waals surface area contributed by atoms with Gasteiger partial charge < -0.3 is 0 Å². The van der Waals surface area contributed by atoms with E-state index in [-0.39, 0.29) is 5.41 Å². The second kappa shape index (κ2) is 6.13. The fourth-order valence-corrected chi connectivity index (χ4v) is 4.80. The molecule has 1 aliphatic rings. The predicted octanol–water partition coefficient (Wildman–Crippen LogP) is 4.40. The van der Waals surface area contributed by atoms with E-state index in [0.29, 0.717) is 0 Å². The minimum atomic E-state index is 0.268. The molecule has 0 nitrogen and oxygen atoms in total. The van der Waals surface area contributed by atoms with E-state index in [1.807, 2.05) is 0 Å². The Morgan fingerprint density at radius 2 is 1.85 bits per heavy atom. The van der Waals surface area contributed by atoms with Gasteiger partial charge in [0.1, 0.15) is 9.52 Å². The van der Waals surface area contributed by atoms with Crippen LogP contribution in [0.4, 0.5) is 0 Å². The van der Waals surface area contributed by atoms with Crippen molar-refractivity contribution in [1.29, 1.82) is 0 Å². The molecular weight excluding hydrogens is 256 g/mol. The summed E-state index contributed by atoms with van der Waals surface area (Å²) in [5, 5.41) is 3.20. The van der Waals surface area contributed by atoms with Crippen molar-refractivity contribution in [3.8, 4) is 0 Å². The van der Waals surface area contributed by atoms with Crippen LogP contribution in [-0.4, -0.2) is 9.52 Å². The molecule has 0 spiro atoms. The second-order valence-corrected chi connectivity index (χ2v) is 7.92. The first-order valence-corrected chi connectivity index (χ1v) is 8.75. The van der Waals surface area contributed by atoms with Crippen molar-refractivity contribution in [1.82, 2.24) is 0 Å². The van der Waals surface area contributed by atoms with Gasteiger partial charge >= 0.3 is 0 Å². The molecule has 1 heteroatoms. The maximum Gasteiger partial charge on any atom is 0.117 e. The number of hydrogen-bond acceptors (Lipinski definition) is 0. The molecule has 2 radical (unpaired) electrons. The Balaban J connectivity index is 2.36. The predicted molar refractivity (Wildman–Crippen MR) is 90.8 cm³/mol. The van der Waals surface area contributed by atoms with Gasteiger partial charge in [-0.2, -0.15) is 0 Å². The highest BCUT2D eigenvalue weighted by Gasteiger charge is 2.22. The van der Waals surface area contributed by atoms with Crippen LogP contribution in [0.25, 0.3) is 0 Å². The largest absolute Gasteiger partial charge is 0.117 e. The van der Waals surface area contributed by atoms with Gasteiger partial charge in [0.2, 0.25) is 0 Å². The van der Waals surface area contributed by atoms with Crippen LogP contribution in [0.15, 0.2) is 41.1 Å². The lowest BCUT2D eigenvalue weighted by molar-refractivity contribution is 0.516. The number of hydrogen-bond donors (Lipinski definition) is 0. The molecule has 0 amide bonds. The van der Waals surface area contributed by atoms with Gasteiger partial charge in [-0.1, -0.05) is 75.4 Å². The van der Waals surface area contributed by atoms with Gasteiger partial charge in [0.15, 0.2) is 0 Å². The average Bonchev–Trinajstić information content (AvgIpc) is 2.86. The molecule has 106 valence electrons. The summed E-state index contributed by atoms with van der Waals surface area (Å²) >= 11 is 0. The minimum Gasteiger partial charge on any atom is -0.0806 e. The fraction of sp³-hybridized carbons (Fsp3) is 0.474. The third-order valence-corrected chi connectivity index (χ3v) is 5.55. The molecule has 0 heterocycles. The van der Waals surface area contributed by atoms with Crippen molar-refractivity contribution in [2.75, 3.05) is 0 Å². The van der Waals surface area contributed by atoms with Gasteiger partial charge in [-0.3, -0.25) is 0 Å². The van der Waals surface area contributed by atoms with Crippen LogP contribution in [0.3, 0.4) is 0 Å². The molecule has 0 saturated heterocycles. The third kappa shape index (κ3) is 3.14. The molecule has 20 heavy (non-hydrogen) atoms. The first kappa shape index (κ1) is 15.3. The topological polar surface area (TPSA) is 0 Å². The van der Waals surface area contributed by atoms with Crippen LogP contribution in [0.5, 0.6) is 0 Å². The highest BCUT2D eigenvalue weighted by Crippen LogP contribution is 2.33. The van der Waals surface area contributed by atoms with Crippen molar-refractivity contribution in [3.05, 3.63) is 52.2 Å². The molecule has 2 rings (SSSR count). The Bertz CT molecular complexity index is 541. The van der Waals surface area contributed by atoms with Gasteiger partial charge in [-0.15, -0.1) is 0 Å². The maximum absolute atomic E-state index is 2.34. The summed E-state index contributed by atoms with van der Waals surface area (Å²) in [6, 6.07) is 6.86. The Morgan fingerprint density at radius 3 is 2.45 bits per heavy atom. The zero-order valence-corrected chi connectivity index (χ0v) is 14.5. The molecule has 1 aliphatic carbocycles. The molecule has 0 N–H and O–H groups in total. The molecule has 1 aromatic carbocycles. The van der Waals surface area contributed by atoms with E-state index in [4.69, 9.17) is 0 Å². The van der Waals surface area contributed by atoms with Crippen molar-refractivity contribution >= 4 is 14.7 Å². The van der Waals surface area contributed by atoms with Crippen LogP contribution >= 0.6 is 0 Å². The van der Waals surface area contributed by atoms with E-state index >= 15 is 0 Å². The number of rotatable bonds is 4. The molecule has 0 fully saturated rings. The Labute approximate surface area is 126 Å². The van der Waals surface area contributed by atoms with Crippen molar-refractivity contribution < 1.29 is 0 Å². The van der Waals surface area contributed by atoms with Gasteiger partial charge in [0.25, 0.3) is 0 Å². The summed E-state index contributed by atoms with van der Waals surface area (Å²) in [7, 11) is 0.834. The van der Waals surface area contributed by atoms with Crippen molar-refractivity contribution in [3.63, 3.8) is 0 Å². The normalized spacial score (nSPS) is 15.2. The zero-order valence-electron chi connectivity index (χ0n) is 13.5. The molecule has 1 aromatic rings. The fourth-order valence-electron chi connectivity index (χ4n) is 2.99. The lowest BCUT2D eigenvalue weighted by atomic mass is 9.87. The number of allylic oxidation sites excluding steroid dienone is 4. The summed E-state index contributed by atoms with van der Waals surface area (Å²) in [5.74, 6) is 0. The quantitative estimate of drug-likeness (QED) is 0.718. The van der Waals surface area contributed by atoms with Crippen molar-refractivity contribution in [2.45, 2.75) is 53.9 Å². The molecule has 0 aliphatic heterocycles. The van der Waals surface area contributed by atoms with Gasteiger partial charge in [-0.25, -0.2) is 0 Å². The lowest BCUT2D eigenvalue weighted by Crippen LogP contribution is -2.24. The summed E-state index contributed by atoms with van der Waals surface area (Å²) in [6.07, 6.45) is 8.11. The van der Waals surface area contributed by atoms with Crippen LogP contribution in [0.1, 0.15) is 52.2 Å². The molecule has 0 bridgehead atoms. The summed E-state index contributed by atoms with van der Waals surface area (Å²) in [4.78, 5) is 0. The first-order valence-electron chi connectivity index (χ1n) is 7.75. The van der Waals surface area contributed by atoms with Crippen LogP contribution in [-0.2, 0) is 12.8 Å². The van der Waals surface area contributed by atoms with Gasteiger partial charge in [0, 0.05) is 0 Å². The van der Waals surface area contributed by atoms with E-state index in [2.05, 4.69) is 65.0 Å². The van der Waals surface area contributed by atoms with Gasteiger partial charge in [-0.05, 0) is 41.4 Å². The minimum absolute atomic E-state index is 0.268. The Kier molecular flexibility index (Phi) is 4.69. The highest BCUT2D eigenvalue weighted by atomic mass is 28.2. The van der Waals surface area contributed by atoms with Crippen LogP contribution in [0, 0.1) is 5.41 Å². The number of aryl methyl sites for hydroxylation is 1. The summed E-state index contributed by atoms with van der Waals surface area (Å²) in [5.41, 5.74) is 4.94. The van der Waals surface area contributed by atoms with E-state index in [1.54, 1.807) is 21.5 Å². The highest BCUT2D eigenvalue weighted by molar-refractivity contribution is 6.62. The zero-order chi connectivity index (χ0) is 14.8. The monoisotopic (exact) mass is 282 g/mol. The molecule has 0 aromatic heterocycles. The van der Waals surface area contributed by atoms with E-state index in [9.17, 15) is 0 Å². The number of benzene rings is 1. The molecule has 0 atom stereocenters. The first-order chi connectivity index (χ1) is 9.47. The SMILES string of the molecule is CCc1cccc([Si]C2=C(C(C)(C)C)C=CC2)c1CC. The molecule has 0 saturated carbocycles. The Hall–Kier alpha value is -1.08. The maximum atomic E-state index is 2.34. The van der Waals surface area contributed by atoms with Crippen LogP contribution < -0.4 is 5.19 Å². The van der Waals surface area contributed by atoms with Crippen molar-refractivity contribution in [2.24, 2.45) is 5.41 Å². The van der Waals surface area contributed by atoms with E-state index < -0.39 is 0 Å². The summed E-state index contributed by atoms with van der Waals surface area (Å²) < 4.78 is 0. The van der Waals surface area contributed by atoms with Gasteiger partial charge in [0.05, 0.1) is 0 Å². The Morgan fingerprint density at radius 1 is 1.10 bits per heavy atom. The van der Waals surface area contributed by atoms with Crippen LogP contribution in [0.2, 0.25) is 0 Å². The summed E-state index contributed by atoms with van der Waals surface area (Å²) in [6.45, 7) is 11.5. The van der Waals surface area contributed by atoms with E-state index in [1.165, 1.54) is 5.56 Å². The standard InChI is InChI=1S/C19H26Si/c1-6-14-10-8-12-17(15(14)7-2)20-18-13-9-11-16(18)19(3,4)5/h8-12H,6-7,13H2,1-5H3.